The van der Waals surface area contributed by atoms with Crippen LogP contribution in [0.3, 0.4) is 0 Å². The quantitative estimate of drug-likeness (QED) is 0.871. The van der Waals surface area contributed by atoms with E-state index in [2.05, 4.69) is 10.2 Å². The SMILES string of the molecule is Cc1n[nH]c(C)c1S(=O)(=O)N1CCCCCC1CCl. The Morgan fingerprint density at radius 2 is 2.11 bits per heavy atom. The molecule has 7 heteroatoms. The molecule has 0 aliphatic carbocycles. The molecule has 0 saturated carbocycles. The second-order valence-electron chi connectivity index (χ2n) is 5.04. The van der Waals surface area contributed by atoms with Crippen LogP contribution in [0.5, 0.6) is 0 Å². The van der Waals surface area contributed by atoms with Crippen molar-refractivity contribution in [2.45, 2.75) is 50.5 Å². The van der Waals surface area contributed by atoms with Crippen molar-refractivity contribution >= 4 is 21.6 Å². The highest BCUT2D eigenvalue weighted by Crippen LogP contribution is 2.28. The molecule has 1 atom stereocenters. The molecule has 108 valence electrons. The van der Waals surface area contributed by atoms with Gasteiger partial charge in [0.05, 0.1) is 11.4 Å². The van der Waals surface area contributed by atoms with Crippen LogP contribution in [0, 0.1) is 13.8 Å². The summed E-state index contributed by atoms with van der Waals surface area (Å²) in [7, 11) is -3.51. The Morgan fingerprint density at radius 1 is 1.37 bits per heavy atom. The monoisotopic (exact) mass is 305 g/mol. The van der Waals surface area contributed by atoms with Gasteiger partial charge in [0.1, 0.15) is 4.90 Å². The van der Waals surface area contributed by atoms with Gasteiger partial charge in [0, 0.05) is 18.5 Å². The smallest absolute Gasteiger partial charge is 0.247 e. The Balaban J connectivity index is 2.42. The molecule has 1 aromatic rings. The van der Waals surface area contributed by atoms with Gasteiger partial charge in [0.2, 0.25) is 10.0 Å². The van der Waals surface area contributed by atoms with Gasteiger partial charge in [-0.3, -0.25) is 5.10 Å². The van der Waals surface area contributed by atoms with Crippen molar-refractivity contribution in [3.8, 4) is 0 Å². The van der Waals surface area contributed by atoms with Gasteiger partial charge >= 0.3 is 0 Å². The number of hydrogen-bond donors (Lipinski definition) is 1. The summed E-state index contributed by atoms with van der Waals surface area (Å²) in [5.74, 6) is 0.342. The van der Waals surface area contributed by atoms with Crippen LogP contribution in [0.15, 0.2) is 4.90 Å². The van der Waals surface area contributed by atoms with E-state index in [9.17, 15) is 8.42 Å². The molecule has 1 aromatic heterocycles. The molecule has 1 N–H and O–H groups in total. The first-order valence-corrected chi connectivity index (χ1v) is 8.55. The van der Waals surface area contributed by atoms with Gasteiger partial charge in [-0.25, -0.2) is 8.42 Å². The van der Waals surface area contributed by atoms with E-state index < -0.39 is 10.0 Å². The van der Waals surface area contributed by atoms with Gasteiger partial charge in [-0.15, -0.1) is 11.6 Å². The molecule has 1 aliphatic rings. The number of nitrogens with zero attached hydrogens (tertiary/aromatic N) is 2. The molecule has 2 rings (SSSR count). The average Bonchev–Trinajstić information content (AvgIpc) is 2.59. The van der Waals surface area contributed by atoms with Gasteiger partial charge < -0.3 is 0 Å². The Bertz CT molecular complexity index is 522. The van der Waals surface area contributed by atoms with Crippen molar-refractivity contribution in [2.24, 2.45) is 0 Å². The summed E-state index contributed by atoms with van der Waals surface area (Å²) in [5.41, 5.74) is 1.12. The minimum absolute atomic E-state index is 0.108. The number of H-pyrrole nitrogens is 1. The first kappa shape index (κ1) is 14.8. The number of aromatic amines is 1. The molecular formula is C12H20ClN3O2S. The standard InChI is InChI=1S/C12H20ClN3O2S/c1-9-12(10(2)15-14-9)19(17,18)16-7-5-3-4-6-11(16)8-13/h11H,3-8H2,1-2H3,(H,14,15). The second-order valence-corrected chi connectivity index (χ2v) is 7.17. The lowest BCUT2D eigenvalue weighted by Gasteiger charge is -2.27. The van der Waals surface area contributed by atoms with Crippen LogP contribution in [-0.4, -0.2) is 41.4 Å². The molecule has 19 heavy (non-hydrogen) atoms. The summed E-state index contributed by atoms with van der Waals surface area (Å²) in [5, 5.41) is 6.73. The Kier molecular flexibility index (Phi) is 4.53. The van der Waals surface area contributed by atoms with Crippen LogP contribution in [0.1, 0.15) is 37.1 Å². The number of alkyl halides is 1. The van der Waals surface area contributed by atoms with E-state index in [4.69, 9.17) is 11.6 Å². The maximum atomic E-state index is 12.8. The normalized spacial score (nSPS) is 22.4. The molecule has 1 fully saturated rings. The van der Waals surface area contributed by atoms with Crippen LogP contribution in [-0.2, 0) is 10.0 Å². The molecular weight excluding hydrogens is 286 g/mol. The van der Waals surface area contributed by atoms with Crippen molar-refractivity contribution in [1.29, 1.82) is 0 Å². The van der Waals surface area contributed by atoms with Crippen LogP contribution in [0.4, 0.5) is 0 Å². The highest BCUT2D eigenvalue weighted by molar-refractivity contribution is 7.89. The number of hydrogen-bond acceptors (Lipinski definition) is 3. The third-order valence-corrected chi connectivity index (χ3v) is 6.20. The molecule has 0 radical (unpaired) electrons. The lowest BCUT2D eigenvalue weighted by atomic mass is 10.1. The zero-order chi connectivity index (χ0) is 14.0. The minimum atomic E-state index is -3.51. The van der Waals surface area contributed by atoms with Gasteiger partial charge in [0.25, 0.3) is 0 Å². The molecule has 1 aliphatic heterocycles. The predicted molar refractivity (Wildman–Crippen MR) is 74.9 cm³/mol. The average molecular weight is 306 g/mol. The van der Waals surface area contributed by atoms with Crippen LogP contribution in [0.25, 0.3) is 0 Å². The Hall–Kier alpha value is -0.590. The van der Waals surface area contributed by atoms with Crippen molar-refractivity contribution in [3.63, 3.8) is 0 Å². The highest BCUT2D eigenvalue weighted by Gasteiger charge is 2.34. The highest BCUT2D eigenvalue weighted by atomic mass is 35.5. The largest absolute Gasteiger partial charge is 0.281 e. The van der Waals surface area contributed by atoms with E-state index in [1.807, 2.05) is 0 Å². The van der Waals surface area contributed by atoms with Gasteiger partial charge in [-0.1, -0.05) is 12.8 Å². The van der Waals surface area contributed by atoms with E-state index in [-0.39, 0.29) is 6.04 Å². The molecule has 0 spiro atoms. The van der Waals surface area contributed by atoms with E-state index >= 15 is 0 Å². The van der Waals surface area contributed by atoms with E-state index in [1.165, 1.54) is 0 Å². The Labute approximate surface area is 119 Å². The fourth-order valence-corrected chi connectivity index (χ4v) is 5.09. The lowest BCUT2D eigenvalue weighted by Crippen LogP contribution is -2.41. The summed E-state index contributed by atoms with van der Waals surface area (Å²) in [6.07, 6.45) is 3.82. The predicted octanol–water partition coefficient (Wildman–Crippen LogP) is 2.20. The molecule has 1 saturated heterocycles. The summed E-state index contributed by atoms with van der Waals surface area (Å²) in [6, 6.07) is -0.108. The number of halogens is 1. The summed E-state index contributed by atoms with van der Waals surface area (Å²) < 4.78 is 27.2. The van der Waals surface area contributed by atoms with E-state index in [0.29, 0.717) is 28.7 Å². The minimum Gasteiger partial charge on any atom is -0.281 e. The van der Waals surface area contributed by atoms with Crippen LogP contribution in [0.2, 0.25) is 0 Å². The summed E-state index contributed by atoms with van der Waals surface area (Å²) in [6.45, 7) is 3.99. The lowest BCUT2D eigenvalue weighted by molar-refractivity contribution is 0.344. The first-order valence-electron chi connectivity index (χ1n) is 6.58. The number of rotatable bonds is 3. The van der Waals surface area contributed by atoms with Crippen LogP contribution >= 0.6 is 11.6 Å². The molecule has 0 aromatic carbocycles. The zero-order valence-corrected chi connectivity index (χ0v) is 12.9. The maximum Gasteiger partial charge on any atom is 0.247 e. The van der Waals surface area contributed by atoms with Crippen molar-refractivity contribution in [3.05, 3.63) is 11.4 Å². The van der Waals surface area contributed by atoms with Crippen LogP contribution < -0.4 is 0 Å². The van der Waals surface area contributed by atoms with E-state index in [1.54, 1.807) is 18.2 Å². The fourth-order valence-electron chi connectivity index (χ4n) is 2.66. The van der Waals surface area contributed by atoms with Gasteiger partial charge in [0.15, 0.2) is 0 Å². The van der Waals surface area contributed by atoms with Gasteiger partial charge in [-0.05, 0) is 26.7 Å². The van der Waals surface area contributed by atoms with Gasteiger partial charge in [-0.2, -0.15) is 9.40 Å². The molecule has 0 bridgehead atoms. The number of aromatic nitrogens is 2. The number of nitrogens with one attached hydrogen (secondary N) is 1. The van der Waals surface area contributed by atoms with Crippen molar-refractivity contribution in [1.82, 2.24) is 14.5 Å². The second kappa shape index (κ2) is 5.81. The summed E-state index contributed by atoms with van der Waals surface area (Å²) in [4.78, 5) is 0.310. The molecule has 0 amide bonds. The first-order chi connectivity index (χ1) is 8.98. The molecule has 1 unspecified atom stereocenters. The van der Waals surface area contributed by atoms with Crippen molar-refractivity contribution in [2.75, 3.05) is 12.4 Å². The van der Waals surface area contributed by atoms with Crippen molar-refractivity contribution < 1.29 is 8.42 Å². The summed E-state index contributed by atoms with van der Waals surface area (Å²) >= 11 is 5.97. The third kappa shape index (κ3) is 2.80. The number of sulfonamides is 1. The Morgan fingerprint density at radius 3 is 2.68 bits per heavy atom. The maximum absolute atomic E-state index is 12.8. The molecule has 2 heterocycles. The number of aryl methyl sites for hydroxylation is 2. The molecule has 5 nitrogen and oxygen atoms in total. The third-order valence-electron chi connectivity index (χ3n) is 3.63. The fraction of sp³-hybridized carbons (Fsp3) is 0.750. The topological polar surface area (TPSA) is 66.1 Å². The van der Waals surface area contributed by atoms with E-state index in [0.717, 1.165) is 25.7 Å². The zero-order valence-electron chi connectivity index (χ0n) is 11.3.